The van der Waals surface area contributed by atoms with Crippen molar-refractivity contribution in [3.05, 3.63) is 30.1 Å². The zero-order chi connectivity index (χ0) is 14.1. The van der Waals surface area contributed by atoms with E-state index in [-0.39, 0.29) is 24.0 Å². The van der Waals surface area contributed by atoms with Gasteiger partial charge in [-0.05, 0) is 55.9 Å². The Morgan fingerprint density at radius 3 is 2.60 bits per heavy atom. The van der Waals surface area contributed by atoms with Crippen molar-refractivity contribution in [1.82, 2.24) is 4.90 Å². The lowest BCUT2D eigenvalue weighted by Gasteiger charge is -2.38. The van der Waals surface area contributed by atoms with Crippen LogP contribution < -0.4 is 5.32 Å². The molecular formula is C15H19FN2O2. The summed E-state index contributed by atoms with van der Waals surface area (Å²) in [7, 11) is 0. The second-order valence-electron chi connectivity index (χ2n) is 5.71. The molecule has 2 amide bonds. The molecule has 1 aliphatic heterocycles. The van der Waals surface area contributed by atoms with E-state index < -0.39 is 0 Å². The normalized spacial score (nSPS) is 26.4. The van der Waals surface area contributed by atoms with Crippen molar-refractivity contribution >= 4 is 11.7 Å². The van der Waals surface area contributed by atoms with Crippen molar-refractivity contribution in [2.75, 3.05) is 11.9 Å². The minimum Gasteiger partial charge on any atom is -0.393 e. The molecule has 0 spiro atoms. The van der Waals surface area contributed by atoms with Crippen LogP contribution in [0, 0.1) is 11.7 Å². The number of aliphatic hydroxyl groups excluding tert-OH is 1. The summed E-state index contributed by atoms with van der Waals surface area (Å²) in [6.45, 7) is 0.579. The number of carbonyl (C=O) groups is 1. The molecule has 2 N–H and O–H groups in total. The first-order valence-electron chi connectivity index (χ1n) is 7.15. The van der Waals surface area contributed by atoms with Gasteiger partial charge in [0.2, 0.25) is 0 Å². The zero-order valence-corrected chi connectivity index (χ0v) is 11.3. The van der Waals surface area contributed by atoms with Crippen LogP contribution in [-0.2, 0) is 0 Å². The van der Waals surface area contributed by atoms with Crippen LogP contribution in [-0.4, -0.2) is 34.7 Å². The summed E-state index contributed by atoms with van der Waals surface area (Å²) < 4.78 is 12.8. The van der Waals surface area contributed by atoms with Gasteiger partial charge < -0.3 is 15.3 Å². The fourth-order valence-corrected chi connectivity index (χ4v) is 2.89. The number of anilines is 1. The average molecular weight is 278 g/mol. The fourth-order valence-electron chi connectivity index (χ4n) is 2.89. The second-order valence-corrected chi connectivity index (χ2v) is 5.71. The van der Waals surface area contributed by atoms with E-state index in [9.17, 15) is 14.3 Å². The van der Waals surface area contributed by atoms with Gasteiger partial charge in [-0.2, -0.15) is 0 Å². The fraction of sp³-hybridized carbons (Fsp3) is 0.533. The number of amides is 2. The first kappa shape index (κ1) is 13.4. The van der Waals surface area contributed by atoms with Crippen molar-refractivity contribution < 1.29 is 14.3 Å². The molecule has 1 saturated heterocycles. The highest BCUT2D eigenvalue weighted by Crippen LogP contribution is 2.39. The number of urea groups is 1. The number of hydrogen-bond acceptors (Lipinski definition) is 2. The number of piperidine rings is 1. The van der Waals surface area contributed by atoms with Crippen LogP contribution in [0.1, 0.15) is 25.7 Å². The van der Waals surface area contributed by atoms with E-state index in [1.807, 2.05) is 4.90 Å². The van der Waals surface area contributed by atoms with Crippen LogP contribution in [0.3, 0.4) is 0 Å². The van der Waals surface area contributed by atoms with Gasteiger partial charge in [0.15, 0.2) is 0 Å². The number of carbonyl (C=O) groups excluding carboxylic acids is 1. The van der Waals surface area contributed by atoms with Crippen LogP contribution in [0.5, 0.6) is 0 Å². The maximum Gasteiger partial charge on any atom is 0.322 e. The van der Waals surface area contributed by atoms with E-state index in [4.69, 9.17) is 0 Å². The zero-order valence-electron chi connectivity index (χ0n) is 11.3. The number of likely N-dealkylation sites (tertiary alicyclic amines) is 1. The average Bonchev–Trinajstić information content (AvgIpc) is 3.25. The molecule has 0 bridgehead atoms. The van der Waals surface area contributed by atoms with E-state index in [1.54, 1.807) is 12.1 Å². The molecule has 1 aromatic rings. The summed E-state index contributed by atoms with van der Waals surface area (Å²) in [5.41, 5.74) is 0.595. The number of benzene rings is 1. The molecule has 108 valence electrons. The van der Waals surface area contributed by atoms with Crippen LogP contribution in [0.4, 0.5) is 14.9 Å². The van der Waals surface area contributed by atoms with Crippen LogP contribution in [0.15, 0.2) is 24.3 Å². The Bertz CT molecular complexity index is 487. The molecule has 0 aromatic heterocycles. The minimum absolute atomic E-state index is 0.138. The molecule has 4 nitrogen and oxygen atoms in total. The Morgan fingerprint density at radius 2 is 1.95 bits per heavy atom. The van der Waals surface area contributed by atoms with Crippen LogP contribution >= 0.6 is 0 Å². The largest absolute Gasteiger partial charge is 0.393 e. The van der Waals surface area contributed by atoms with Crippen molar-refractivity contribution in [3.8, 4) is 0 Å². The molecule has 1 heterocycles. The molecular weight excluding hydrogens is 259 g/mol. The van der Waals surface area contributed by atoms with Crippen LogP contribution in [0.25, 0.3) is 0 Å². The molecule has 2 fully saturated rings. The first-order valence-corrected chi connectivity index (χ1v) is 7.15. The Labute approximate surface area is 117 Å². The van der Waals surface area contributed by atoms with E-state index in [1.165, 1.54) is 12.1 Å². The van der Waals surface area contributed by atoms with Gasteiger partial charge in [-0.3, -0.25) is 0 Å². The number of aliphatic hydroxyl groups is 1. The highest BCUT2D eigenvalue weighted by atomic mass is 19.1. The summed E-state index contributed by atoms with van der Waals surface area (Å²) in [6.07, 6.45) is 3.27. The number of halogens is 1. The number of nitrogens with one attached hydrogen (secondary N) is 1. The van der Waals surface area contributed by atoms with Gasteiger partial charge >= 0.3 is 6.03 Å². The topological polar surface area (TPSA) is 52.6 Å². The quantitative estimate of drug-likeness (QED) is 0.873. The molecule has 1 aromatic carbocycles. The van der Waals surface area contributed by atoms with E-state index in [0.717, 1.165) is 12.8 Å². The van der Waals surface area contributed by atoms with Crippen molar-refractivity contribution in [3.63, 3.8) is 0 Å². The van der Waals surface area contributed by atoms with Crippen molar-refractivity contribution in [2.45, 2.75) is 37.8 Å². The summed E-state index contributed by atoms with van der Waals surface area (Å²) in [5.74, 6) is 0.212. The monoisotopic (exact) mass is 278 g/mol. The highest BCUT2D eigenvalue weighted by Gasteiger charge is 2.40. The number of rotatable bonds is 2. The third-order valence-corrected chi connectivity index (χ3v) is 4.14. The standard InChI is InChI=1S/C15H19FN2O2/c16-11-3-5-12(6-4-11)17-15(20)18-8-7-13(19)9-14(18)10-1-2-10/h3-6,10,13-14,19H,1-2,7-9H2,(H,17,20)/t13-,14+/m0/s1. The van der Waals surface area contributed by atoms with Gasteiger partial charge in [0.25, 0.3) is 0 Å². The summed E-state index contributed by atoms with van der Waals surface area (Å²) in [6, 6.07) is 5.75. The van der Waals surface area contributed by atoms with Gasteiger partial charge in [0.05, 0.1) is 6.10 Å². The second kappa shape index (κ2) is 5.40. The number of nitrogens with zero attached hydrogens (tertiary/aromatic N) is 1. The van der Waals surface area contributed by atoms with E-state index in [2.05, 4.69) is 5.32 Å². The maximum atomic E-state index is 12.8. The molecule has 0 unspecified atom stereocenters. The Hall–Kier alpha value is -1.62. The SMILES string of the molecule is O=C(Nc1ccc(F)cc1)N1CC[C@H](O)C[C@@H]1C1CC1. The molecule has 20 heavy (non-hydrogen) atoms. The van der Waals surface area contributed by atoms with Crippen molar-refractivity contribution in [2.24, 2.45) is 5.92 Å². The summed E-state index contributed by atoms with van der Waals surface area (Å²) in [4.78, 5) is 14.2. The maximum absolute atomic E-state index is 12.8. The lowest BCUT2D eigenvalue weighted by Crippen LogP contribution is -2.50. The highest BCUT2D eigenvalue weighted by molar-refractivity contribution is 5.89. The molecule has 0 radical (unpaired) electrons. The van der Waals surface area contributed by atoms with Gasteiger partial charge in [0.1, 0.15) is 5.82 Å². The van der Waals surface area contributed by atoms with Gasteiger partial charge in [-0.15, -0.1) is 0 Å². The predicted molar refractivity (Wildman–Crippen MR) is 73.9 cm³/mol. The lowest BCUT2D eigenvalue weighted by molar-refractivity contribution is 0.0550. The van der Waals surface area contributed by atoms with E-state index >= 15 is 0 Å². The molecule has 1 aliphatic carbocycles. The van der Waals surface area contributed by atoms with Crippen molar-refractivity contribution in [1.29, 1.82) is 0 Å². The number of hydrogen-bond donors (Lipinski definition) is 2. The first-order chi connectivity index (χ1) is 9.63. The van der Waals surface area contributed by atoms with Crippen LogP contribution in [0.2, 0.25) is 0 Å². The van der Waals surface area contributed by atoms with Gasteiger partial charge in [-0.25, -0.2) is 9.18 Å². The molecule has 2 aliphatic rings. The molecule has 1 saturated carbocycles. The summed E-state index contributed by atoms with van der Waals surface area (Å²) in [5, 5.41) is 12.6. The van der Waals surface area contributed by atoms with E-state index in [0.29, 0.717) is 31.0 Å². The minimum atomic E-state index is -0.319. The van der Waals surface area contributed by atoms with Gasteiger partial charge in [-0.1, -0.05) is 0 Å². The molecule has 2 atom stereocenters. The third kappa shape index (κ3) is 2.93. The molecule has 3 rings (SSSR count). The lowest BCUT2D eigenvalue weighted by atomic mass is 9.96. The smallest absolute Gasteiger partial charge is 0.322 e. The molecule has 5 heteroatoms. The summed E-state index contributed by atoms with van der Waals surface area (Å²) >= 11 is 0. The Kier molecular flexibility index (Phi) is 3.61. The Balaban J connectivity index is 1.67. The Morgan fingerprint density at radius 1 is 1.25 bits per heavy atom. The van der Waals surface area contributed by atoms with Gasteiger partial charge in [0, 0.05) is 18.3 Å². The third-order valence-electron chi connectivity index (χ3n) is 4.14. The predicted octanol–water partition coefficient (Wildman–Crippen LogP) is 2.59.